The van der Waals surface area contributed by atoms with Crippen molar-refractivity contribution in [3.8, 4) is 11.1 Å². The van der Waals surface area contributed by atoms with Crippen molar-refractivity contribution in [3.05, 3.63) is 83.3 Å². The number of amides is 2. The minimum atomic E-state index is -1.19. The third kappa shape index (κ3) is 5.62. The average molecular weight is 533 g/mol. The molecule has 1 aromatic heterocycles. The Balaban J connectivity index is 1.34. The molecule has 0 spiro atoms. The van der Waals surface area contributed by atoms with Crippen LogP contribution in [0, 0.1) is 0 Å². The average Bonchev–Trinajstić information content (AvgIpc) is 3.63. The second-order valence-electron chi connectivity index (χ2n) is 10.9. The lowest BCUT2D eigenvalue weighted by atomic mass is 9.98. The summed E-state index contributed by atoms with van der Waals surface area (Å²) in [5, 5.41) is 9.25. The van der Waals surface area contributed by atoms with Gasteiger partial charge in [0.15, 0.2) is 0 Å². The van der Waals surface area contributed by atoms with Gasteiger partial charge in [-0.05, 0) is 61.6 Å². The molecule has 2 aliphatic rings. The molecule has 2 heterocycles. The normalized spacial score (nSPS) is 16.5. The number of benzene rings is 2. The molecule has 1 aliphatic heterocycles. The summed E-state index contributed by atoms with van der Waals surface area (Å²) in [6.07, 6.45) is -0.472. The number of carbonyl (C=O) groups is 3. The first-order valence-corrected chi connectivity index (χ1v) is 13.0. The highest BCUT2D eigenvalue weighted by molar-refractivity contribution is 5.84. The molecule has 0 saturated carbocycles. The van der Waals surface area contributed by atoms with Gasteiger partial charge in [0.1, 0.15) is 18.0 Å². The number of ether oxygens (including phenoxy) is 2. The molecule has 0 radical (unpaired) electrons. The van der Waals surface area contributed by atoms with Crippen LogP contribution in [0.4, 0.5) is 9.59 Å². The Labute approximate surface area is 226 Å². The van der Waals surface area contributed by atoms with Crippen molar-refractivity contribution in [1.82, 2.24) is 9.80 Å². The number of fused-ring (bicyclic) bond motifs is 3. The zero-order chi connectivity index (χ0) is 27.7. The van der Waals surface area contributed by atoms with E-state index in [2.05, 4.69) is 24.3 Å². The topological polar surface area (TPSA) is 110 Å². The van der Waals surface area contributed by atoms with E-state index in [0.29, 0.717) is 18.7 Å². The fourth-order valence-electron chi connectivity index (χ4n) is 5.25. The molecule has 3 aromatic rings. The molecule has 9 nitrogen and oxygen atoms in total. The van der Waals surface area contributed by atoms with E-state index in [0.717, 1.165) is 22.3 Å². The number of likely N-dealkylation sites (tertiary alicyclic amines) is 1. The van der Waals surface area contributed by atoms with Crippen molar-refractivity contribution in [3.63, 3.8) is 0 Å². The van der Waals surface area contributed by atoms with E-state index in [9.17, 15) is 19.5 Å². The van der Waals surface area contributed by atoms with Gasteiger partial charge in [0, 0.05) is 19.0 Å². The summed E-state index contributed by atoms with van der Waals surface area (Å²) < 4.78 is 16.9. The van der Waals surface area contributed by atoms with Crippen molar-refractivity contribution in [2.24, 2.45) is 0 Å². The highest BCUT2D eigenvalue weighted by Crippen LogP contribution is 2.44. The summed E-state index contributed by atoms with van der Waals surface area (Å²) in [6, 6.07) is 18.7. The highest BCUT2D eigenvalue weighted by Gasteiger charge is 2.37. The van der Waals surface area contributed by atoms with Gasteiger partial charge in [-0.2, -0.15) is 0 Å². The fraction of sp³-hybridized carbons (Fsp3) is 0.367. The molecule has 204 valence electrons. The highest BCUT2D eigenvalue weighted by atomic mass is 16.6. The smallest absolute Gasteiger partial charge is 0.410 e. The van der Waals surface area contributed by atoms with Crippen LogP contribution in [-0.2, 0) is 16.0 Å². The summed E-state index contributed by atoms with van der Waals surface area (Å²) >= 11 is 0. The monoisotopic (exact) mass is 532 g/mol. The number of hydrogen-bond donors (Lipinski definition) is 1. The van der Waals surface area contributed by atoms with Crippen LogP contribution in [0.3, 0.4) is 0 Å². The van der Waals surface area contributed by atoms with Crippen molar-refractivity contribution in [2.75, 3.05) is 19.7 Å². The Bertz CT molecular complexity index is 1340. The second-order valence-corrected chi connectivity index (χ2v) is 10.9. The third-order valence-electron chi connectivity index (χ3n) is 7.03. The summed E-state index contributed by atoms with van der Waals surface area (Å²) in [5.74, 6) is -1.19. The predicted octanol–water partition coefficient (Wildman–Crippen LogP) is 5.74. The number of hydrogen-bond acceptors (Lipinski definition) is 6. The Kier molecular flexibility index (Phi) is 7.08. The van der Waals surface area contributed by atoms with Gasteiger partial charge in [0.25, 0.3) is 0 Å². The van der Waals surface area contributed by atoms with Gasteiger partial charge in [0.05, 0.1) is 12.6 Å². The number of nitrogens with zero attached hydrogens (tertiary/aromatic N) is 2. The SMILES string of the molecule is CC(C)(C)OC(=O)N1CCC(N(Cc2ccc(C(=O)O)o2)C(=O)OCC2c3ccccc3-c3ccccc32)C1. The van der Waals surface area contributed by atoms with Gasteiger partial charge < -0.3 is 23.9 Å². The van der Waals surface area contributed by atoms with Crippen LogP contribution < -0.4 is 0 Å². The lowest BCUT2D eigenvalue weighted by Crippen LogP contribution is -2.43. The van der Waals surface area contributed by atoms with E-state index >= 15 is 0 Å². The lowest BCUT2D eigenvalue weighted by Gasteiger charge is -2.29. The molecule has 2 aromatic carbocycles. The molecular formula is C30H32N2O7. The van der Waals surface area contributed by atoms with Crippen molar-refractivity contribution in [1.29, 1.82) is 0 Å². The Morgan fingerprint density at radius 2 is 1.64 bits per heavy atom. The number of carbonyl (C=O) groups excluding carboxylic acids is 2. The molecule has 1 fully saturated rings. The Morgan fingerprint density at radius 1 is 1.00 bits per heavy atom. The van der Waals surface area contributed by atoms with Crippen LogP contribution in [0.2, 0.25) is 0 Å². The maximum absolute atomic E-state index is 13.6. The van der Waals surface area contributed by atoms with Crippen LogP contribution in [0.25, 0.3) is 11.1 Å². The molecule has 9 heteroatoms. The second kappa shape index (κ2) is 10.5. The zero-order valence-corrected chi connectivity index (χ0v) is 22.3. The third-order valence-corrected chi connectivity index (χ3v) is 7.03. The Hall–Kier alpha value is -4.27. The molecule has 1 saturated heterocycles. The quantitative estimate of drug-likeness (QED) is 0.431. The van der Waals surface area contributed by atoms with Gasteiger partial charge in [-0.1, -0.05) is 48.5 Å². The summed E-state index contributed by atoms with van der Waals surface area (Å²) in [5.41, 5.74) is 3.83. The van der Waals surface area contributed by atoms with Gasteiger partial charge in [-0.15, -0.1) is 0 Å². The first kappa shape index (κ1) is 26.3. The number of carboxylic acids is 1. The van der Waals surface area contributed by atoms with Crippen LogP contribution in [0.5, 0.6) is 0 Å². The Morgan fingerprint density at radius 3 is 2.23 bits per heavy atom. The van der Waals surface area contributed by atoms with Crippen LogP contribution in [-0.4, -0.2) is 64.4 Å². The number of furan rings is 1. The fourth-order valence-corrected chi connectivity index (χ4v) is 5.25. The molecule has 39 heavy (non-hydrogen) atoms. The van der Waals surface area contributed by atoms with E-state index in [1.807, 2.05) is 24.3 Å². The first-order chi connectivity index (χ1) is 18.6. The largest absolute Gasteiger partial charge is 0.475 e. The minimum absolute atomic E-state index is 0.0107. The van der Waals surface area contributed by atoms with E-state index in [1.54, 1.807) is 25.7 Å². The molecule has 1 aliphatic carbocycles. The summed E-state index contributed by atoms with van der Waals surface area (Å²) in [6.45, 7) is 6.26. The molecular weight excluding hydrogens is 500 g/mol. The van der Waals surface area contributed by atoms with E-state index in [4.69, 9.17) is 13.9 Å². The molecule has 0 bridgehead atoms. The van der Waals surface area contributed by atoms with E-state index in [-0.39, 0.29) is 37.4 Å². The van der Waals surface area contributed by atoms with Crippen LogP contribution >= 0.6 is 0 Å². The number of aromatic carboxylic acids is 1. The van der Waals surface area contributed by atoms with Crippen molar-refractivity contribution in [2.45, 2.75) is 51.3 Å². The van der Waals surface area contributed by atoms with Crippen LogP contribution in [0.1, 0.15) is 60.6 Å². The van der Waals surface area contributed by atoms with Crippen molar-refractivity contribution >= 4 is 18.2 Å². The van der Waals surface area contributed by atoms with E-state index in [1.165, 1.54) is 17.0 Å². The van der Waals surface area contributed by atoms with Crippen molar-refractivity contribution < 1.29 is 33.4 Å². The number of carboxylic acid groups (broad SMARTS) is 1. The zero-order valence-electron chi connectivity index (χ0n) is 22.3. The molecule has 1 unspecified atom stereocenters. The minimum Gasteiger partial charge on any atom is -0.475 e. The molecule has 5 rings (SSSR count). The van der Waals surface area contributed by atoms with E-state index < -0.39 is 23.8 Å². The number of rotatable bonds is 6. The summed E-state index contributed by atoms with van der Waals surface area (Å²) in [7, 11) is 0. The lowest BCUT2D eigenvalue weighted by molar-refractivity contribution is 0.0270. The molecule has 2 amide bonds. The van der Waals surface area contributed by atoms with Gasteiger partial charge in [0.2, 0.25) is 5.76 Å². The predicted molar refractivity (Wildman–Crippen MR) is 142 cm³/mol. The van der Waals surface area contributed by atoms with Gasteiger partial charge in [-0.3, -0.25) is 4.90 Å². The van der Waals surface area contributed by atoms with Gasteiger partial charge in [-0.25, -0.2) is 14.4 Å². The first-order valence-electron chi connectivity index (χ1n) is 13.0. The van der Waals surface area contributed by atoms with Gasteiger partial charge >= 0.3 is 18.2 Å². The summed E-state index contributed by atoms with van der Waals surface area (Å²) in [4.78, 5) is 40.6. The van der Waals surface area contributed by atoms with Crippen LogP contribution in [0.15, 0.2) is 65.1 Å². The standard InChI is InChI=1S/C30H32N2O7/c1-30(2,3)39-28(35)31-15-14-19(16-31)32(17-20-12-13-26(38-20)27(33)34)29(36)37-18-25-23-10-6-4-8-21(23)22-9-5-7-11-24(22)25/h4-13,19,25H,14-18H2,1-3H3,(H,33,34). The maximum Gasteiger partial charge on any atom is 0.410 e. The molecule has 1 N–H and O–H groups in total. The molecule has 1 atom stereocenters. The maximum atomic E-state index is 13.6.